The molecule has 31 heavy (non-hydrogen) atoms. The molecule has 164 valence electrons. The highest BCUT2D eigenvalue weighted by atomic mass is 35.5. The highest BCUT2D eigenvalue weighted by Crippen LogP contribution is 2.23. The van der Waals surface area contributed by atoms with Crippen molar-refractivity contribution in [1.82, 2.24) is 14.8 Å². The fourth-order valence-electron chi connectivity index (χ4n) is 3.48. The lowest BCUT2D eigenvalue weighted by molar-refractivity contribution is -0.160. The molecule has 2 amide bonds. The van der Waals surface area contributed by atoms with Crippen LogP contribution >= 0.6 is 23.2 Å². The lowest BCUT2D eigenvalue weighted by Gasteiger charge is -2.40. The van der Waals surface area contributed by atoms with Gasteiger partial charge in [0.05, 0.1) is 19.6 Å². The van der Waals surface area contributed by atoms with Crippen LogP contribution in [0.25, 0.3) is 0 Å². The molecule has 1 unspecified atom stereocenters. The van der Waals surface area contributed by atoms with Gasteiger partial charge in [-0.2, -0.15) is 0 Å². The Balaban J connectivity index is 1.77. The number of nitrogens with zero attached hydrogens (tertiary/aromatic N) is 3. The Morgan fingerprint density at radius 3 is 2.61 bits per heavy atom. The number of pyridine rings is 1. The van der Waals surface area contributed by atoms with Crippen molar-refractivity contribution in [2.45, 2.75) is 32.4 Å². The molecule has 0 saturated carbocycles. The zero-order chi connectivity index (χ0) is 22.4. The topological polar surface area (TPSA) is 79.8 Å². The normalized spacial score (nSPS) is 16.5. The first-order chi connectivity index (χ1) is 14.9. The molecule has 1 saturated heterocycles. The average Bonchev–Trinajstić information content (AvgIpc) is 2.74. The van der Waals surface area contributed by atoms with Gasteiger partial charge in [-0.15, -0.1) is 0 Å². The van der Waals surface area contributed by atoms with E-state index < -0.39 is 12.0 Å². The molecule has 1 fully saturated rings. The molecule has 1 aromatic heterocycles. The molecule has 7 nitrogen and oxygen atoms in total. The van der Waals surface area contributed by atoms with Crippen LogP contribution in [0.2, 0.25) is 10.0 Å². The molecule has 1 aliphatic heterocycles. The number of hydrogen-bond donors (Lipinski definition) is 0. The van der Waals surface area contributed by atoms with Crippen LogP contribution in [-0.2, 0) is 32.1 Å². The molecular formula is C22H23Cl2N3O4. The summed E-state index contributed by atoms with van der Waals surface area (Å²) in [6.07, 6.45) is 3.51. The van der Waals surface area contributed by atoms with Gasteiger partial charge < -0.3 is 14.5 Å². The van der Waals surface area contributed by atoms with Gasteiger partial charge in [0, 0.05) is 35.5 Å². The van der Waals surface area contributed by atoms with Crippen LogP contribution in [0, 0.1) is 0 Å². The van der Waals surface area contributed by atoms with Crippen LogP contribution in [0.5, 0.6) is 0 Å². The number of halogens is 2. The van der Waals surface area contributed by atoms with E-state index in [0.717, 1.165) is 11.1 Å². The fraction of sp³-hybridized carbons (Fsp3) is 0.364. The molecule has 1 aliphatic rings. The van der Waals surface area contributed by atoms with E-state index in [0.29, 0.717) is 23.0 Å². The Morgan fingerprint density at radius 1 is 1.19 bits per heavy atom. The summed E-state index contributed by atoms with van der Waals surface area (Å²) in [5.74, 6) is -1.03. The number of ether oxygens (including phenoxy) is 1. The number of aromatic nitrogens is 1. The van der Waals surface area contributed by atoms with Crippen molar-refractivity contribution in [3.05, 3.63) is 63.9 Å². The summed E-state index contributed by atoms with van der Waals surface area (Å²) in [4.78, 5) is 45.2. The van der Waals surface area contributed by atoms with Crippen LogP contribution in [0.15, 0.2) is 42.7 Å². The minimum absolute atomic E-state index is 0.0611. The maximum Gasteiger partial charge on any atom is 0.308 e. The third-order valence-electron chi connectivity index (χ3n) is 5.05. The molecule has 0 spiro atoms. The quantitative estimate of drug-likeness (QED) is 0.561. The Morgan fingerprint density at radius 2 is 1.94 bits per heavy atom. The Hall–Kier alpha value is -2.64. The molecule has 0 N–H and O–H groups in total. The van der Waals surface area contributed by atoms with Crippen molar-refractivity contribution < 1.29 is 19.1 Å². The van der Waals surface area contributed by atoms with Gasteiger partial charge in [-0.3, -0.25) is 19.4 Å². The summed E-state index contributed by atoms with van der Waals surface area (Å²) in [5, 5.41) is 1.03. The van der Waals surface area contributed by atoms with Crippen molar-refractivity contribution in [3.63, 3.8) is 0 Å². The number of hydrogen-bond acceptors (Lipinski definition) is 5. The second-order valence-electron chi connectivity index (χ2n) is 7.15. The molecule has 9 heteroatoms. The van der Waals surface area contributed by atoms with Gasteiger partial charge >= 0.3 is 5.97 Å². The van der Waals surface area contributed by atoms with E-state index in [4.69, 9.17) is 27.9 Å². The Bertz CT molecular complexity index is 955. The van der Waals surface area contributed by atoms with Crippen molar-refractivity contribution >= 4 is 41.0 Å². The summed E-state index contributed by atoms with van der Waals surface area (Å²) in [7, 11) is 0. The number of esters is 1. The van der Waals surface area contributed by atoms with E-state index in [-0.39, 0.29) is 37.9 Å². The SMILES string of the molecule is CCOC(=O)CC1C(=O)N(CCc2ccc(Cl)cc2Cl)CC(=O)N1Cc1ccncc1. The number of piperazine rings is 1. The second-order valence-corrected chi connectivity index (χ2v) is 7.99. The highest BCUT2D eigenvalue weighted by molar-refractivity contribution is 6.35. The third-order valence-corrected chi connectivity index (χ3v) is 5.64. The monoisotopic (exact) mass is 463 g/mol. The predicted octanol–water partition coefficient (Wildman–Crippen LogP) is 3.12. The molecule has 3 rings (SSSR count). The molecular weight excluding hydrogens is 441 g/mol. The van der Waals surface area contributed by atoms with Gasteiger partial charge in [-0.1, -0.05) is 29.3 Å². The third kappa shape index (κ3) is 5.95. The summed E-state index contributed by atoms with van der Waals surface area (Å²) >= 11 is 12.2. The Kier molecular flexibility index (Phi) is 7.87. The van der Waals surface area contributed by atoms with Crippen molar-refractivity contribution in [2.75, 3.05) is 19.7 Å². The van der Waals surface area contributed by atoms with Crippen LogP contribution in [0.1, 0.15) is 24.5 Å². The molecule has 1 atom stereocenters. The molecule has 0 radical (unpaired) electrons. The summed E-state index contributed by atoms with van der Waals surface area (Å²) in [6, 6.07) is 7.79. The highest BCUT2D eigenvalue weighted by Gasteiger charge is 2.40. The van der Waals surface area contributed by atoms with E-state index >= 15 is 0 Å². The minimum Gasteiger partial charge on any atom is -0.466 e. The first-order valence-corrected chi connectivity index (χ1v) is 10.7. The summed E-state index contributed by atoms with van der Waals surface area (Å²) in [5.41, 5.74) is 1.65. The first-order valence-electron chi connectivity index (χ1n) is 9.95. The fourth-order valence-corrected chi connectivity index (χ4v) is 3.98. The summed E-state index contributed by atoms with van der Waals surface area (Å²) in [6.45, 7) is 2.36. The molecule has 2 heterocycles. The van der Waals surface area contributed by atoms with Gasteiger partial charge in [0.15, 0.2) is 0 Å². The number of benzene rings is 1. The van der Waals surface area contributed by atoms with E-state index in [1.807, 2.05) is 0 Å². The molecule has 0 aliphatic carbocycles. The standard InChI is InChI=1S/C22H23Cl2N3O4/c1-2-31-21(29)12-19-22(30)26(10-7-16-3-4-17(23)11-18(16)24)14-20(28)27(19)13-15-5-8-25-9-6-15/h3-6,8-9,11,19H,2,7,10,12-14H2,1H3. The van der Waals surface area contributed by atoms with Gasteiger partial charge in [0.25, 0.3) is 0 Å². The van der Waals surface area contributed by atoms with E-state index in [2.05, 4.69) is 4.98 Å². The smallest absolute Gasteiger partial charge is 0.308 e. The van der Waals surface area contributed by atoms with Crippen LogP contribution in [0.3, 0.4) is 0 Å². The van der Waals surface area contributed by atoms with E-state index in [1.165, 1.54) is 9.80 Å². The lowest BCUT2D eigenvalue weighted by atomic mass is 10.0. The molecule has 2 aromatic rings. The van der Waals surface area contributed by atoms with Gasteiger partial charge in [0.1, 0.15) is 6.04 Å². The maximum absolute atomic E-state index is 13.2. The largest absolute Gasteiger partial charge is 0.466 e. The molecule has 1 aromatic carbocycles. The van der Waals surface area contributed by atoms with Crippen molar-refractivity contribution in [3.8, 4) is 0 Å². The van der Waals surface area contributed by atoms with E-state index in [1.54, 1.807) is 49.6 Å². The van der Waals surface area contributed by atoms with Crippen LogP contribution < -0.4 is 0 Å². The second kappa shape index (κ2) is 10.6. The lowest BCUT2D eigenvalue weighted by Crippen LogP contribution is -2.60. The zero-order valence-corrected chi connectivity index (χ0v) is 18.6. The van der Waals surface area contributed by atoms with Crippen molar-refractivity contribution in [1.29, 1.82) is 0 Å². The van der Waals surface area contributed by atoms with Crippen LogP contribution in [0.4, 0.5) is 0 Å². The maximum atomic E-state index is 13.2. The number of rotatable bonds is 8. The number of carbonyl (C=O) groups excluding carboxylic acids is 3. The van der Waals surface area contributed by atoms with E-state index in [9.17, 15) is 14.4 Å². The van der Waals surface area contributed by atoms with Gasteiger partial charge in [-0.05, 0) is 48.7 Å². The minimum atomic E-state index is -0.922. The first kappa shape index (κ1) is 23.0. The van der Waals surface area contributed by atoms with Gasteiger partial charge in [0.2, 0.25) is 11.8 Å². The summed E-state index contributed by atoms with van der Waals surface area (Å²) < 4.78 is 5.03. The Labute approximate surface area is 190 Å². The van der Waals surface area contributed by atoms with Crippen molar-refractivity contribution in [2.24, 2.45) is 0 Å². The predicted molar refractivity (Wildman–Crippen MR) is 117 cm³/mol. The zero-order valence-electron chi connectivity index (χ0n) is 17.1. The van der Waals surface area contributed by atoms with Gasteiger partial charge in [-0.25, -0.2) is 0 Å². The van der Waals surface area contributed by atoms with Crippen LogP contribution in [-0.4, -0.2) is 58.3 Å². The average molecular weight is 464 g/mol. The number of amides is 2. The number of carbonyl (C=O) groups is 3. The molecule has 0 bridgehead atoms.